The maximum atomic E-state index is 11.9. The summed E-state index contributed by atoms with van der Waals surface area (Å²) in [4.78, 5) is 23.8. The van der Waals surface area contributed by atoms with E-state index in [0.717, 1.165) is 0 Å². The van der Waals surface area contributed by atoms with E-state index in [2.05, 4.69) is 10.6 Å². The fraction of sp³-hybridized carbons (Fsp3) is 0.529. The molecule has 0 radical (unpaired) electrons. The third-order valence-corrected chi connectivity index (χ3v) is 3.04. The zero-order valence-electron chi connectivity index (χ0n) is 14.1. The van der Waals surface area contributed by atoms with Gasteiger partial charge in [-0.3, -0.25) is 9.59 Å². The second-order valence-corrected chi connectivity index (χ2v) is 5.54. The van der Waals surface area contributed by atoms with Gasteiger partial charge < -0.3 is 20.1 Å². The molecule has 2 N–H and O–H groups in total. The molecule has 0 saturated carbocycles. The first-order valence-corrected chi connectivity index (χ1v) is 7.77. The van der Waals surface area contributed by atoms with Gasteiger partial charge in [0, 0.05) is 31.3 Å². The molecular weight excluding hydrogens is 296 g/mol. The number of carbonyl (C=O) groups is 2. The predicted octanol–water partition coefficient (Wildman–Crippen LogP) is 1.47. The first kappa shape index (κ1) is 19.1. The molecule has 23 heavy (non-hydrogen) atoms. The van der Waals surface area contributed by atoms with E-state index in [0.29, 0.717) is 50.0 Å². The second-order valence-electron chi connectivity index (χ2n) is 5.54. The summed E-state index contributed by atoms with van der Waals surface area (Å²) in [5.41, 5.74) is 1.06. The summed E-state index contributed by atoms with van der Waals surface area (Å²) in [6.07, 6.45) is 0. The first-order valence-electron chi connectivity index (χ1n) is 7.77. The van der Waals surface area contributed by atoms with Crippen LogP contribution >= 0.6 is 0 Å². The Hall–Kier alpha value is -1.92. The average Bonchev–Trinajstić information content (AvgIpc) is 2.55. The van der Waals surface area contributed by atoms with Crippen molar-refractivity contribution in [3.05, 3.63) is 35.4 Å². The quantitative estimate of drug-likeness (QED) is 0.640. The van der Waals surface area contributed by atoms with Crippen molar-refractivity contribution in [2.24, 2.45) is 5.92 Å². The van der Waals surface area contributed by atoms with Crippen LogP contribution < -0.4 is 10.6 Å². The Bertz CT molecular complexity index is 486. The van der Waals surface area contributed by atoms with E-state index in [1.165, 1.54) is 0 Å². The fourth-order valence-corrected chi connectivity index (χ4v) is 1.75. The molecule has 2 amide bonds. The topological polar surface area (TPSA) is 76.7 Å². The summed E-state index contributed by atoms with van der Waals surface area (Å²) in [6, 6.07) is 6.59. The number of hydrogen-bond donors (Lipinski definition) is 2. The van der Waals surface area contributed by atoms with Gasteiger partial charge >= 0.3 is 0 Å². The van der Waals surface area contributed by atoms with Crippen molar-refractivity contribution >= 4 is 11.8 Å². The van der Waals surface area contributed by atoms with Crippen molar-refractivity contribution in [1.29, 1.82) is 0 Å². The van der Waals surface area contributed by atoms with Gasteiger partial charge in [-0.05, 0) is 30.2 Å². The number of hydrogen-bond acceptors (Lipinski definition) is 4. The molecule has 0 aliphatic carbocycles. The standard InChI is InChI=1S/C17H26N2O4/c1-13(2)12-19-17(21)15-6-4-14(5-7-15)16(20)18-8-9-23-11-10-22-3/h4-7,13H,8-12H2,1-3H3,(H,18,20)(H,19,21). The Morgan fingerprint density at radius 3 is 2.04 bits per heavy atom. The molecule has 0 bridgehead atoms. The normalized spacial score (nSPS) is 10.6. The second kappa shape index (κ2) is 10.7. The Balaban J connectivity index is 2.37. The number of ether oxygens (including phenoxy) is 2. The lowest BCUT2D eigenvalue weighted by Crippen LogP contribution is -2.28. The van der Waals surface area contributed by atoms with Crippen LogP contribution in [0.2, 0.25) is 0 Å². The maximum absolute atomic E-state index is 11.9. The van der Waals surface area contributed by atoms with Crippen LogP contribution in [0.3, 0.4) is 0 Å². The van der Waals surface area contributed by atoms with Crippen molar-refractivity contribution in [2.75, 3.05) is 40.0 Å². The molecule has 0 atom stereocenters. The largest absolute Gasteiger partial charge is 0.382 e. The van der Waals surface area contributed by atoms with Gasteiger partial charge in [0.25, 0.3) is 11.8 Å². The Morgan fingerprint density at radius 1 is 0.957 bits per heavy atom. The van der Waals surface area contributed by atoms with E-state index in [1.807, 2.05) is 13.8 Å². The maximum Gasteiger partial charge on any atom is 0.251 e. The lowest BCUT2D eigenvalue weighted by Gasteiger charge is -2.09. The fourth-order valence-electron chi connectivity index (χ4n) is 1.75. The number of nitrogens with one attached hydrogen (secondary N) is 2. The molecule has 0 aromatic heterocycles. The lowest BCUT2D eigenvalue weighted by molar-refractivity contribution is 0.0692. The Kier molecular flexibility index (Phi) is 8.94. The molecule has 1 aromatic rings. The number of rotatable bonds is 10. The van der Waals surface area contributed by atoms with Gasteiger partial charge in [-0.15, -0.1) is 0 Å². The molecule has 0 aliphatic heterocycles. The molecule has 0 spiro atoms. The van der Waals surface area contributed by atoms with Crippen molar-refractivity contribution in [1.82, 2.24) is 10.6 Å². The number of methoxy groups -OCH3 is 1. The molecule has 0 saturated heterocycles. The highest BCUT2D eigenvalue weighted by Gasteiger charge is 2.08. The summed E-state index contributed by atoms with van der Waals surface area (Å²) in [5.74, 6) is 0.0850. The van der Waals surface area contributed by atoms with Crippen LogP contribution in [-0.2, 0) is 9.47 Å². The molecule has 6 heteroatoms. The molecule has 128 valence electrons. The van der Waals surface area contributed by atoms with Gasteiger partial charge in [0.15, 0.2) is 0 Å². The van der Waals surface area contributed by atoms with E-state index >= 15 is 0 Å². The molecular formula is C17H26N2O4. The van der Waals surface area contributed by atoms with Crippen LogP contribution in [0.4, 0.5) is 0 Å². The number of benzene rings is 1. The summed E-state index contributed by atoms with van der Waals surface area (Å²) in [5, 5.41) is 5.60. The van der Waals surface area contributed by atoms with Gasteiger partial charge in [-0.1, -0.05) is 13.8 Å². The summed E-state index contributed by atoms with van der Waals surface area (Å²) >= 11 is 0. The minimum atomic E-state index is -0.186. The Morgan fingerprint density at radius 2 is 1.52 bits per heavy atom. The number of carbonyl (C=O) groups excluding carboxylic acids is 2. The molecule has 1 rings (SSSR count). The SMILES string of the molecule is COCCOCCNC(=O)c1ccc(C(=O)NCC(C)C)cc1. The van der Waals surface area contributed by atoms with Crippen LogP contribution in [0.15, 0.2) is 24.3 Å². The third kappa shape index (κ3) is 7.76. The molecule has 0 fully saturated rings. The van der Waals surface area contributed by atoms with Gasteiger partial charge in [-0.25, -0.2) is 0 Å². The van der Waals surface area contributed by atoms with Gasteiger partial charge in [0.05, 0.1) is 19.8 Å². The van der Waals surface area contributed by atoms with Gasteiger partial charge in [0.2, 0.25) is 0 Å². The van der Waals surface area contributed by atoms with Crippen LogP contribution in [0.1, 0.15) is 34.6 Å². The van der Waals surface area contributed by atoms with E-state index in [9.17, 15) is 9.59 Å². The van der Waals surface area contributed by atoms with E-state index in [4.69, 9.17) is 9.47 Å². The zero-order valence-corrected chi connectivity index (χ0v) is 14.1. The molecule has 0 heterocycles. The highest BCUT2D eigenvalue weighted by atomic mass is 16.5. The molecule has 0 aliphatic rings. The van der Waals surface area contributed by atoms with Crippen molar-refractivity contribution in [3.8, 4) is 0 Å². The minimum absolute atomic E-state index is 0.128. The lowest BCUT2D eigenvalue weighted by atomic mass is 10.1. The van der Waals surface area contributed by atoms with Gasteiger partial charge in [-0.2, -0.15) is 0 Å². The monoisotopic (exact) mass is 322 g/mol. The van der Waals surface area contributed by atoms with E-state index in [-0.39, 0.29) is 11.8 Å². The zero-order chi connectivity index (χ0) is 17.1. The van der Waals surface area contributed by atoms with Crippen LogP contribution in [-0.4, -0.2) is 51.8 Å². The highest BCUT2D eigenvalue weighted by Crippen LogP contribution is 2.05. The summed E-state index contributed by atoms with van der Waals surface area (Å²) < 4.78 is 10.1. The first-order chi connectivity index (χ1) is 11.0. The third-order valence-electron chi connectivity index (χ3n) is 3.04. The van der Waals surface area contributed by atoms with Crippen LogP contribution in [0.25, 0.3) is 0 Å². The Labute approximate surface area is 137 Å². The molecule has 6 nitrogen and oxygen atoms in total. The van der Waals surface area contributed by atoms with Crippen molar-refractivity contribution in [3.63, 3.8) is 0 Å². The van der Waals surface area contributed by atoms with Crippen LogP contribution in [0, 0.1) is 5.92 Å². The van der Waals surface area contributed by atoms with Gasteiger partial charge in [0.1, 0.15) is 0 Å². The van der Waals surface area contributed by atoms with Crippen LogP contribution in [0.5, 0.6) is 0 Å². The molecule has 1 aromatic carbocycles. The van der Waals surface area contributed by atoms with E-state index in [1.54, 1.807) is 31.4 Å². The summed E-state index contributed by atoms with van der Waals surface area (Å²) in [7, 11) is 1.61. The highest BCUT2D eigenvalue weighted by molar-refractivity contribution is 5.97. The minimum Gasteiger partial charge on any atom is -0.382 e. The number of amides is 2. The van der Waals surface area contributed by atoms with Crippen molar-refractivity contribution < 1.29 is 19.1 Å². The molecule has 0 unspecified atom stereocenters. The van der Waals surface area contributed by atoms with Crippen molar-refractivity contribution in [2.45, 2.75) is 13.8 Å². The average molecular weight is 322 g/mol. The van der Waals surface area contributed by atoms with E-state index < -0.39 is 0 Å². The smallest absolute Gasteiger partial charge is 0.251 e. The summed E-state index contributed by atoms with van der Waals surface area (Å²) in [6.45, 7) is 6.61. The predicted molar refractivity (Wildman–Crippen MR) is 88.6 cm³/mol.